The molecule has 0 bridgehead atoms. The fourth-order valence-electron chi connectivity index (χ4n) is 1.81. The van der Waals surface area contributed by atoms with E-state index in [2.05, 4.69) is 0 Å². The Morgan fingerprint density at radius 3 is 2.63 bits per heavy atom. The van der Waals surface area contributed by atoms with Gasteiger partial charge < -0.3 is 16.0 Å². The van der Waals surface area contributed by atoms with Crippen molar-refractivity contribution in [3.8, 4) is 0 Å². The van der Waals surface area contributed by atoms with Crippen molar-refractivity contribution in [2.24, 2.45) is 11.5 Å². The van der Waals surface area contributed by atoms with E-state index in [0.717, 1.165) is 16.5 Å². The summed E-state index contributed by atoms with van der Waals surface area (Å²) in [7, 11) is 0. The zero-order valence-corrected chi connectivity index (χ0v) is 10.7. The second kappa shape index (κ2) is 5.07. The van der Waals surface area contributed by atoms with Crippen molar-refractivity contribution in [1.29, 1.82) is 0 Å². The fraction of sp³-hybridized carbons (Fsp3) is 0.0833. The first-order valence-electron chi connectivity index (χ1n) is 5.45. The highest BCUT2D eigenvalue weighted by molar-refractivity contribution is 7.80. The predicted molar refractivity (Wildman–Crippen MR) is 75.6 cm³/mol. The Labute approximate surface area is 114 Å². The Bertz CT molecular complexity index is 677. The SMILES string of the molecule is NC(=O)NC(=O)Cn1ccc2ccc(C(N)=S)cc21. The monoisotopic (exact) mass is 276 g/mol. The lowest BCUT2D eigenvalue weighted by molar-refractivity contribution is -0.120. The molecule has 7 heteroatoms. The van der Waals surface area contributed by atoms with E-state index in [1.807, 2.05) is 23.5 Å². The molecule has 0 aliphatic heterocycles. The van der Waals surface area contributed by atoms with Crippen molar-refractivity contribution in [3.05, 3.63) is 36.0 Å². The Kier molecular flexibility index (Phi) is 3.48. The molecule has 19 heavy (non-hydrogen) atoms. The molecular formula is C12H12N4O2S. The van der Waals surface area contributed by atoms with Crippen molar-refractivity contribution in [2.45, 2.75) is 6.54 Å². The lowest BCUT2D eigenvalue weighted by Crippen LogP contribution is -2.37. The maximum absolute atomic E-state index is 11.5. The van der Waals surface area contributed by atoms with Crippen LogP contribution in [0.15, 0.2) is 30.5 Å². The number of primary amides is 1. The van der Waals surface area contributed by atoms with Gasteiger partial charge in [-0.3, -0.25) is 10.1 Å². The Morgan fingerprint density at radius 2 is 2.00 bits per heavy atom. The second-order valence-corrected chi connectivity index (χ2v) is 4.43. The van der Waals surface area contributed by atoms with Crippen LogP contribution in [0.5, 0.6) is 0 Å². The van der Waals surface area contributed by atoms with Gasteiger partial charge in [0, 0.05) is 17.3 Å². The standard InChI is InChI=1S/C12H12N4O2S/c13-11(19)8-2-1-7-3-4-16(9(7)5-8)6-10(17)15-12(14)18/h1-5H,6H2,(H2,13,19)(H3,14,15,17,18). The first-order valence-corrected chi connectivity index (χ1v) is 5.86. The quantitative estimate of drug-likeness (QED) is 0.709. The number of fused-ring (bicyclic) bond motifs is 1. The molecule has 1 aromatic carbocycles. The lowest BCUT2D eigenvalue weighted by atomic mass is 10.1. The topological polar surface area (TPSA) is 103 Å². The molecule has 0 saturated carbocycles. The number of imide groups is 1. The maximum Gasteiger partial charge on any atom is 0.318 e. The van der Waals surface area contributed by atoms with Crippen molar-refractivity contribution in [3.63, 3.8) is 0 Å². The number of urea groups is 1. The number of rotatable bonds is 3. The lowest BCUT2D eigenvalue weighted by Gasteiger charge is -2.06. The number of nitrogens with zero attached hydrogens (tertiary/aromatic N) is 1. The van der Waals surface area contributed by atoms with Crippen LogP contribution >= 0.6 is 12.2 Å². The van der Waals surface area contributed by atoms with Crippen LogP contribution < -0.4 is 16.8 Å². The van der Waals surface area contributed by atoms with Gasteiger partial charge in [-0.1, -0.05) is 24.4 Å². The van der Waals surface area contributed by atoms with Gasteiger partial charge in [-0.15, -0.1) is 0 Å². The molecule has 5 N–H and O–H groups in total. The number of hydrogen-bond donors (Lipinski definition) is 3. The molecule has 0 saturated heterocycles. The number of thiocarbonyl (C=S) groups is 1. The van der Waals surface area contributed by atoms with E-state index < -0.39 is 11.9 Å². The minimum atomic E-state index is -0.870. The summed E-state index contributed by atoms with van der Waals surface area (Å²) >= 11 is 4.92. The molecule has 6 nitrogen and oxygen atoms in total. The third kappa shape index (κ3) is 2.89. The van der Waals surface area contributed by atoms with E-state index in [4.69, 9.17) is 23.7 Å². The van der Waals surface area contributed by atoms with Gasteiger partial charge >= 0.3 is 6.03 Å². The van der Waals surface area contributed by atoms with Crippen LogP contribution in [0.25, 0.3) is 10.9 Å². The third-order valence-corrected chi connectivity index (χ3v) is 2.87. The number of carbonyl (C=O) groups excluding carboxylic acids is 2. The maximum atomic E-state index is 11.5. The molecule has 0 aliphatic rings. The molecule has 1 aromatic heterocycles. The van der Waals surface area contributed by atoms with E-state index in [1.54, 1.807) is 16.8 Å². The van der Waals surface area contributed by atoms with E-state index >= 15 is 0 Å². The molecule has 98 valence electrons. The minimum Gasteiger partial charge on any atom is -0.389 e. The average Bonchev–Trinajstić information content (AvgIpc) is 2.70. The predicted octanol–water partition coefficient (Wildman–Crippen LogP) is 0.470. The third-order valence-electron chi connectivity index (χ3n) is 2.63. The normalized spacial score (nSPS) is 10.3. The summed E-state index contributed by atoms with van der Waals surface area (Å²) in [6.45, 7) is -0.00672. The number of nitrogens with one attached hydrogen (secondary N) is 1. The summed E-state index contributed by atoms with van der Waals surface area (Å²) in [5, 5.41) is 2.96. The van der Waals surface area contributed by atoms with Crippen LogP contribution in [0.2, 0.25) is 0 Å². The average molecular weight is 276 g/mol. The van der Waals surface area contributed by atoms with E-state index in [-0.39, 0.29) is 11.5 Å². The van der Waals surface area contributed by atoms with Gasteiger partial charge in [-0.2, -0.15) is 0 Å². The second-order valence-electron chi connectivity index (χ2n) is 3.99. The first-order chi connectivity index (χ1) is 8.97. The molecule has 1 heterocycles. The van der Waals surface area contributed by atoms with E-state index in [1.165, 1.54) is 0 Å². The van der Waals surface area contributed by atoms with Gasteiger partial charge in [-0.25, -0.2) is 4.79 Å². The summed E-state index contributed by atoms with van der Waals surface area (Å²) < 4.78 is 1.69. The van der Waals surface area contributed by atoms with Crippen LogP contribution in [0, 0.1) is 0 Å². The van der Waals surface area contributed by atoms with Crippen LogP contribution in [0.4, 0.5) is 4.79 Å². The first kappa shape index (κ1) is 13.0. The highest BCUT2D eigenvalue weighted by Gasteiger charge is 2.09. The Hall–Kier alpha value is -2.41. The molecule has 0 spiro atoms. The van der Waals surface area contributed by atoms with Crippen molar-refractivity contribution in [1.82, 2.24) is 9.88 Å². The molecule has 0 aliphatic carbocycles. The number of carbonyl (C=O) groups is 2. The summed E-state index contributed by atoms with van der Waals surface area (Å²) in [4.78, 5) is 22.4. The zero-order valence-electron chi connectivity index (χ0n) is 9.92. The fourth-order valence-corrected chi connectivity index (χ4v) is 1.93. The van der Waals surface area contributed by atoms with Gasteiger partial charge in [0.15, 0.2) is 0 Å². The van der Waals surface area contributed by atoms with Gasteiger partial charge in [-0.05, 0) is 17.5 Å². The smallest absolute Gasteiger partial charge is 0.318 e. The van der Waals surface area contributed by atoms with Gasteiger partial charge in [0.2, 0.25) is 5.91 Å². The van der Waals surface area contributed by atoms with Crippen LogP contribution in [-0.4, -0.2) is 21.5 Å². The molecule has 0 atom stereocenters. The molecule has 0 unspecified atom stereocenters. The highest BCUT2D eigenvalue weighted by atomic mass is 32.1. The molecule has 2 rings (SSSR count). The largest absolute Gasteiger partial charge is 0.389 e. The molecule has 0 radical (unpaired) electrons. The Morgan fingerprint density at radius 1 is 1.26 bits per heavy atom. The summed E-state index contributed by atoms with van der Waals surface area (Å²) in [6, 6.07) is 6.47. The van der Waals surface area contributed by atoms with Crippen molar-refractivity contribution < 1.29 is 9.59 Å². The Balaban J connectivity index is 2.33. The van der Waals surface area contributed by atoms with Crippen LogP contribution in [0.1, 0.15) is 5.56 Å². The molecular weight excluding hydrogens is 264 g/mol. The molecule has 0 fully saturated rings. The van der Waals surface area contributed by atoms with Gasteiger partial charge in [0.1, 0.15) is 11.5 Å². The molecule has 2 aromatic rings. The number of nitrogens with two attached hydrogens (primary N) is 2. The highest BCUT2D eigenvalue weighted by Crippen LogP contribution is 2.17. The number of hydrogen-bond acceptors (Lipinski definition) is 3. The van der Waals surface area contributed by atoms with Crippen molar-refractivity contribution >= 4 is 40.0 Å². The summed E-state index contributed by atoms with van der Waals surface area (Å²) in [5.41, 5.74) is 12.0. The minimum absolute atomic E-state index is 0.00672. The van der Waals surface area contributed by atoms with Crippen LogP contribution in [-0.2, 0) is 11.3 Å². The summed E-state index contributed by atoms with van der Waals surface area (Å²) in [5.74, 6) is -0.481. The summed E-state index contributed by atoms with van der Waals surface area (Å²) in [6.07, 6.45) is 1.74. The molecule has 3 amide bonds. The van der Waals surface area contributed by atoms with Crippen molar-refractivity contribution in [2.75, 3.05) is 0 Å². The van der Waals surface area contributed by atoms with E-state index in [0.29, 0.717) is 0 Å². The zero-order chi connectivity index (χ0) is 14.0. The van der Waals surface area contributed by atoms with Gasteiger partial charge in [0.05, 0.1) is 0 Å². The number of aromatic nitrogens is 1. The van der Waals surface area contributed by atoms with E-state index in [9.17, 15) is 9.59 Å². The van der Waals surface area contributed by atoms with Crippen LogP contribution in [0.3, 0.4) is 0 Å². The number of benzene rings is 1. The van der Waals surface area contributed by atoms with Gasteiger partial charge in [0.25, 0.3) is 0 Å². The number of amides is 3.